The van der Waals surface area contributed by atoms with Crippen LogP contribution >= 0.6 is 27.5 Å². The van der Waals surface area contributed by atoms with Crippen LogP contribution in [0.25, 0.3) is 0 Å². The zero-order valence-corrected chi connectivity index (χ0v) is 12.2. The summed E-state index contributed by atoms with van der Waals surface area (Å²) in [7, 11) is 0. The quantitative estimate of drug-likeness (QED) is 0.887. The zero-order valence-electron chi connectivity index (χ0n) is 9.86. The summed E-state index contributed by atoms with van der Waals surface area (Å²) in [6.45, 7) is 0. The number of benzene rings is 2. The number of phenolic OH excluding ortho intramolecular Hbond substituents is 1. The van der Waals surface area contributed by atoms with Crippen molar-refractivity contribution in [2.75, 3.05) is 5.32 Å². The van der Waals surface area contributed by atoms with Crippen molar-refractivity contribution in [2.24, 2.45) is 0 Å². The Morgan fingerprint density at radius 2 is 2.05 bits per heavy atom. The molecule has 0 aromatic heterocycles. The van der Waals surface area contributed by atoms with Crippen molar-refractivity contribution in [3.63, 3.8) is 0 Å². The highest BCUT2D eigenvalue weighted by Crippen LogP contribution is 2.26. The van der Waals surface area contributed by atoms with Crippen LogP contribution in [0.2, 0.25) is 5.02 Å². The molecule has 0 saturated carbocycles. The summed E-state index contributed by atoms with van der Waals surface area (Å²) in [5.41, 5.74) is 1.37. The molecular weight excluding hydrogens is 330 g/mol. The maximum absolute atomic E-state index is 11.9. The molecule has 0 heterocycles. The maximum Gasteiger partial charge on any atom is 0.228 e. The summed E-state index contributed by atoms with van der Waals surface area (Å²) in [4.78, 5) is 11.9. The standard InChI is InChI=1S/C14H11BrClNO2/c15-12-5-4-10(16)8-13(12)17-14(19)7-9-2-1-3-11(18)6-9/h1-6,8,18H,7H2,(H,17,19). The van der Waals surface area contributed by atoms with E-state index in [1.807, 2.05) is 0 Å². The molecule has 0 fully saturated rings. The Balaban J connectivity index is 2.07. The molecule has 2 N–H and O–H groups in total. The van der Waals surface area contributed by atoms with Gasteiger partial charge in [-0.3, -0.25) is 4.79 Å². The molecule has 19 heavy (non-hydrogen) atoms. The second kappa shape index (κ2) is 6.08. The maximum atomic E-state index is 11.9. The molecule has 2 aromatic rings. The second-order valence-electron chi connectivity index (χ2n) is 4.02. The van der Waals surface area contributed by atoms with Crippen LogP contribution in [0.4, 0.5) is 5.69 Å². The highest BCUT2D eigenvalue weighted by Gasteiger charge is 2.07. The smallest absolute Gasteiger partial charge is 0.228 e. The molecule has 0 atom stereocenters. The molecule has 2 rings (SSSR count). The molecule has 0 aliphatic heterocycles. The first-order chi connectivity index (χ1) is 9.04. The summed E-state index contributed by atoms with van der Waals surface area (Å²) in [5, 5.41) is 12.7. The van der Waals surface area contributed by atoms with Crippen molar-refractivity contribution in [1.82, 2.24) is 0 Å². The minimum atomic E-state index is -0.173. The van der Waals surface area contributed by atoms with Crippen molar-refractivity contribution in [3.05, 3.63) is 57.5 Å². The minimum absolute atomic E-state index is 0.147. The molecule has 1 amide bonds. The van der Waals surface area contributed by atoms with E-state index in [-0.39, 0.29) is 18.1 Å². The lowest BCUT2D eigenvalue weighted by Gasteiger charge is -2.08. The van der Waals surface area contributed by atoms with Crippen molar-refractivity contribution in [2.45, 2.75) is 6.42 Å². The Morgan fingerprint density at radius 1 is 1.26 bits per heavy atom. The van der Waals surface area contributed by atoms with Crippen LogP contribution in [0.1, 0.15) is 5.56 Å². The molecule has 0 bridgehead atoms. The molecule has 5 heteroatoms. The molecule has 0 radical (unpaired) electrons. The minimum Gasteiger partial charge on any atom is -0.508 e. The average Bonchev–Trinajstić information content (AvgIpc) is 2.34. The molecular formula is C14H11BrClNO2. The van der Waals surface area contributed by atoms with Gasteiger partial charge in [0.25, 0.3) is 0 Å². The van der Waals surface area contributed by atoms with Crippen LogP contribution in [-0.2, 0) is 11.2 Å². The third kappa shape index (κ3) is 3.98. The topological polar surface area (TPSA) is 49.3 Å². The van der Waals surface area contributed by atoms with E-state index in [1.54, 1.807) is 42.5 Å². The van der Waals surface area contributed by atoms with Crippen LogP contribution in [0.5, 0.6) is 5.75 Å². The predicted octanol–water partition coefficient (Wildman–Crippen LogP) is 3.99. The number of aromatic hydroxyl groups is 1. The van der Waals surface area contributed by atoms with Crippen molar-refractivity contribution in [1.29, 1.82) is 0 Å². The number of phenols is 1. The second-order valence-corrected chi connectivity index (χ2v) is 5.31. The number of carbonyl (C=O) groups is 1. The lowest BCUT2D eigenvalue weighted by Crippen LogP contribution is -2.14. The lowest BCUT2D eigenvalue weighted by atomic mass is 10.1. The Morgan fingerprint density at radius 3 is 2.79 bits per heavy atom. The van der Waals surface area contributed by atoms with Crippen LogP contribution in [-0.4, -0.2) is 11.0 Å². The van der Waals surface area contributed by atoms with E-state index >= 15 is 0 Å². The molecule has 0 unspecified atom stereocenters. The van der Waals surface area contributed by atoms with E-state index in [1.165, 1.54) is 0 Å². The van der Waals surface area contributed by atoms with Crippen LogP contribution < -0.4 is 5.32 Å². The Kier molecular flexibility index (Phi) is 4.45. The van der Waals surface area contributed by atoms with Gasteiger partial charge in [0.1, 0.15) is 5.75 Å². The predicted molar refractivity (Wildman–Crippen MR) is 79.6 cm³/mol. The van der Waals surface area contributed by atoms with Gasteiger partial charge in [0, 0.05) is 9.50 Å². The fraction of sp³-hybridized carbons (Fsp3) is 0.0714. The zero-order chi connectivity index (χ0) is 13.8. The summed E-state index contributed by atoms with van der Waals surface area (Å²) in [5.74, 6) is -0.0252. The van der Waals surface area contributed by atoms with Gasteiger partial charge in [-0.1, -0.05) is 23.7 Å². The van der Waals surface area contributed by atoms with Gasteiger partial charge in [-0.25, -0.2) is 0 Å². The summed E-state index contributed by atoms with van der Waals surface area (Å²) in [6.07, 6.45) is 0.188. The van der Waals surface area contributed by atoms with Gasteiger partial charge < -0.3 is 10.4 Å². The van der Waals surface area contributed by atoms with Gasteiger partial charge >= 0.3 is 0 Å². The molecule has 0 aliphatic rings. The monoisotopic (exact) mass is 339 g/mol. The first-order valence-corrected chi connectivity index (χ1v) is 6.74. The van der Waals surface area contributed by atoms with Gasteiger partial charge in [-0.05, 0) is 51.8 Å². The third-order valence-corrected chi connectivity index (χ3v) is 3.40. The van der Waals surface area contributed by atoms with Gasteiger partial charge in [-0.2, -0.15) is 0 Å². The SMILES string of the molecule is O=C(Cc1cccc(O)c1)Nc1cc(Cl)ccc1Br. The molecule has 3 nitrogen and oxygen atoms in total. The number of amides is 1. The number of carbonyl (C=O) groups excluding carboxylic acids is 1. The van der Waals surface area contributed by atoms with E-state index in [2.05, 4.69) is 21.2 Å². The van der Waals surface area contributed by atoms with Gasteiger partial charge in [0.15, 0.2) is 0 Å². The largest absolute Gasteiger partial charge is 0.508 e. The Hall–Kier alpha value is -1.52. The Labute approximate surface area is 124 Å². The van der Waals surface area contributed by atoms with Crippen molar-refractivity contribution in [3.8, 4) is 5.75 Å². The molecule has 0 saturated heterocycles. The molecule has 2 aromatic carbocycles. The van der Waals surface area contributed by atoms with E-state index in [0.717, 1.165) is 10.0 Å². The van der Waals surface area contributed by atoms with E-state index < -0.39 is 0 Å². The van der Waals surface area contributed by atoms with Gasteiger partial charge in [0.05, 0.1) is 12.1 Å². The first kappa shape index (κ1) is 13.9. The molecule has 98 valence electrons. The summed E-state index contributed by atoms with van der Waals surface area (Å²) in [6, 6.07) is 11.8. The number of halogens is 2. The number of rotatable bonds is 3. The van der Waals surface area contributed by atoms with Crippen LogP contribution in [0.3, 0.4) is 0 Å². The van der Waals surface area contributed by atoms with Crippen molar-refractivity contribution >= 4 is 39.1 Å². The van der Waals surface area contributed by atoms with Crippen molar-refractivity contribution < 1.29 is 9.90 Å². The van der Waals surface area contributed by atoms with E-state index in [4.69, 9.17) is 11.6 Å². The third-order valence-electron chi connectivity index (χ3n) is 2.48. The van der Waals surface area contributed by atoms with Gasteiger partial charge in [-0.15, -0.1) is 0 Å². The highest BCUT2D eigenvalue weighted by atomic mass is 79.9. The number of anilines is 1. The van der Waals surface area contributed by atoms with Gasteiger partial charge in [0.2, 0.25) is 5.91 Å². The summed E-state index contributed by atoms with van der Waals surface area (Å²) < 4.78 is 0.765. The lowest BCUT2D eigenvalue weighted by molar-refractivity contribution is -0.115. The summed E-state index contributed by atoms with van der Waals surface area (Å²) >= 11 is 9.22. The number of hydrogen-bond donors (Lipinski definition) is 2. The highest BCUT2D eigenvalue weighted by molar-refractivity contribution is 9.10. The molecule has 0 spiro atoms. The number of hydrogen-bond acceptors (Lipinski definition) is 2. The normalized spacial score (nSPS) is 10.2. The fourth-order valence-corrected chi connectivity index (χ4v) is 2.16. The average molecular weight is 341 g/mol. The Bertz CT molecular complexity index is 616. The molecule has 0 aliphatic carbocycles. The fourth-order valence-electron chi connectivity index (χ4n) is 1.64. The van der Waals surface area contributed by atoms with E-state index in [0.29, 0.717) is 10.7 Å². The first-order valence-electron chi connectivity index (χ1n) is 5.57. The number of nitrogens with one attached hydrogen (secondary N) is 1. The van der Waals surface area contributed by atoms with Crippen LogP contribution in [0, 0.1) is 0 Å². The van der Waals surface area contributed by atoms with Crippen LogP contribution in [0.15, 0.2) is 46.9 Å². The van der Waals surface area contributed by atoms with E-state index in [9.17, 15) is 9.90 Å².